The standard InChI is InChI=1S/C32H36ClN7O4/c1-19-21(7-5-9-23(19)37-31(42)25-15-28(44-4)20(17-35-25)16-34-12-14-41)22-8-6-10-24(29(22)33)38-32(43)30-36-26-18-39(2)13-11-27(26)40(30)3/h5-10,15,17,34,41H,11-14,16,18H2,1-4H3,(H,37,42)(H,38,43). The third kappa shape index (κ3) is 6.46. The number of carbonyl (C=O) groups is 2. The first-order valence-corrected chi connectivity index (χ1v) is 14.7. The SMILES string of the molecule is COc1cc(C(=O)Nc2cccc(-c3cccc(NC(=O)c4nc5c(n4C)CCN(C)C5)c3Cl)c2C)ncc1CNCCO. The van der Waals surface area contributed by atoms with Crippen LogP contribution in [-0.2, 0) is 26.6 Å². The molecule has 2 amide bonds. The van der Waals surface area contributed by atoms with Gasteiger partial charge in [0.05, 0.1) is 30.1 Å². The normalized spacial score (nSPS) is 13.0. The van der Waals surface area contributed by atoms with E-state index in [1.54, 1.807) is 24.4 Å². The number of carbonyl (C=O) groups excluding carboxylic acids is 2. The van der Waals surface area contributed by atoms with Gasteiger partial charge in [-0.15, -0.1) is 0 Å². The Labute approximate surface area is 261 Å². The van der Waals surface area contributed by atoms with Gasteiger partial charge in [-0.2, -0.15) is 0 Å². The first-order valence-electron chi connectivity index (χ1n) is 14.3. The number of fused-ring (bicyclic) bond motifs is 1. The van der Waals surface area contributed by atoms with Crippen molar-refractivity contribution in [2.75, 3.05) is 44.5 Å². The molecule has 4 aromatic rings. The Morgan fingerprint density at radius 2 is 1.80 bits per heavy atom. The summed E-state index contributed by atoms with van der Waals surface area (Å²) in [7, 11) is 5.43. The Morgan fingerprint density at radius 1 is 1.07 bits per heavy atom. The van der Waals surface area contributed by atoms with Gasteiger partial charge in [0.25, 0.3) is 11.8 Å². The Bertz CT molecular complexity index is 1700. The second kappa shape index (κ2) is 13.6. The number of aliphatic hydroxyl groups is 1. The molecular weight excluding hydrogens is 582 g/mol. The van der Waals surface area contributed by atoms with E-state index in [-0.39, 0.29) is 18.2 Å². The molecule has 0 bridgehead atoms. The van der Waals surface area contributed by atoms with Gasteiger partial charge in [0.15, 0.2) is 5.82 Å². The minimum absolute atomic E-state index is 0.0174. The van der Waals surface area contributed by atoms with Crippen molar-refractivity contribution < 1.29 is 19.4 Å². The van der Waals surface area contributed by atoms with Gasteiger partial charge in [0.2, 0.25) is 0 Å². The highest BCUT2D eigenvalue weighted by Crippen LogP contribution is 2.37. The number of nitrogens with one attached hydrogen (secondary N) is 3. The third-order valence-corrected chi connectivity index (χ3v) is 8.18. The average Bonchev–Trinajstić information content (AvgIpc) is 3.34. The highest BCUT2D eigenvalue weighted by molar-refractivity contribution is 6.36. The highest BCUT2D eigenvalue weighted by Gasteiger charge is 2.25. The van der Waals surface area contributed by atoms with Crippen molar-refractivity contribution in [2.45, 2.75) is 26.4 Å². The van der Waals surface area contributed by atoms with Crippen LogP contribution in [0.2, 0.25) is 5.02 Å². The molecule has 0 radical (unpaired) electrons. The van der Waals surface area contributed by atoms with Crippen molar-refractivity contribution in [3.8, 4) is 16.9 Å². The number of aromatic nitrogens is 3. The average molecular weight is 618 g/mol. The van der Waals surface area contributed by atoms with E-state index in [9.17, 15) is 9.59 Å². The van der Waals surface area contributed by atoms with E-state index in [2.05, 4.69) is 30.8 Å². The van der Waals surface area contributed by atoms with E-state index in [0.717, 1.165) is 41.0 Å². The van der Waals surface area contributed by atoms with Crippen LogP contribution in [0.3, 0.4) is 0 Å². The zero-order chi connectivity index (χ0) is 31.4. The van der Waals surface area contributed by atoms with E-state index in [1.807, 2.05) is 49.9 Å². The molecule has 1 aliphatic heterocycles. The summed E-state index contributed by atoms with van der Waals surface area (Å²) in [6.07, 6.45) is 2.42. The summed E-state index contributed by atoms with van der Waals surface area (Å²) >= 11 is 6.88. The molecule has 0 saturated heterocycles. The van der Waals surface area contributed by atoms with E-state index in [1.165, 1.54) is 7.11 Å². The zero-order valence-electron chi connectivity index (χ0n) is 25.2. The fourth-order valence-corrected chi connectivity index (χ4v) is 5.62. The van der Waals surface area contributed by atoms with Gasteiger partial charge in [-0.3, -0.25) is 14.6 Å². The van der Waals surface area contributed by atoms with E-state index in [0.29, 0.717) is 53.2 Å². The maximum atomic E-state index is 13.3. The van der Waals surface area contributed by atoms with Gasteiger partial charge in [-0.1, -0.05) is 35.9 Å². The van der Waals surface area contributed by atoms with Gasteiger partial charge in [0, 0.05) is 74.4 Å². The van der Waals surface area contributed by atoms with Crippen LogP contribution in [0, 0.1) is 6.92 Å². The minimum Gasteiger partial charge on any atom is -0.496 e. The Morgan fingerprint density at radius 3 is 2.55 bits per heavy atom. The number of nitrogens with zero attached hydrogens (tertiary/aromatic N) is 4. The van der Waals surface area contributed by atoms with Gasteiger partial charge in [0.1, 0.15) is 11.4 Å². The molecule has 44 heavy (non-hydrogen) atoms. The lowest BCUT2D eigenvalue weighted by molar-refractivity contribution is 0.100. The second-order valence-corrected chi connectivity index (χ2v) is 11.1. The predicted octanol–water partition coefficient (Wildman–Crippen LogP) is 4.03. The third-order valence-electron chi connectivity index (χ3n) is 7.77. The van der Waals surface area contributed by atoms with Crippen LogP contribution in [0.1, 0.15) is 43.6 Å². The Balaban J connectivity index is 1.35. The summed E-state index contributed by atoms with van der Waals surface area (Å²) in [6.45, 7) is 4.42. The molecule has 4 N–H and O–H groups in total. The fraction of sp³-hybridized carbons (Fsp3) is 0.312. The summed E-state index contributed by atoms with van der Waals surface area (Å²) in [6, 6.07) is 12.6. The van der Waals surface area contributed by atoms with Crippen LogP contribution in [0.15, 0.2) is 48.7 Å². The largest absolute Gasteiger partial charge is 0.496 e. The molecule has 1 aliphatic rings. The molecule has 12 heteroatoms. The topological polar surface area (TPSA) is 134 Å². The van der Waals surface area contributed by atoms with E-state index < -0.39 is 5.91 Å². The van der Waals surface area contributed by atoms with E-state index in [4.69, 9.17) is 21.4 Å². The van der Waals surface area contributed by atoms with Crippen LogP contribution >= 0.6 is 11.6 Å². The zero-order valence-corrected chi connectivity index (χ0v) is 26.0. The monoisotopic (exact) mass is 617 g/mol. The van der Waals surface area contributed by atoms with Crippen LogP contribution in [0.5, 0.6) is 5.75 Å². The molecule has 0 unspecified atom stereocenters. The number of likely N-dealkylation sites (N-methyl/N-ethyl adjacent to an activating group) is 1. The number of pyridine rings is 1. The number of benzene rings is 2. The quantitative estimate of drug-likeness (QED) is 0.196. The fourth-order valence-electron chi connectivity index (χ4n) is 5.34. The summed E-state index contributed by atoms with van der Waals surface area (Å²) in [5.41, 5.74) is 6.32. The van der Waals surface area contributed by atoms with Gasteiger partial charge in [-0.05, 0) is 37.2 Å². The molecule has 0 spiro atoms. The smallest absolute Gasteiger partial charge is 0.291 e. The van der Waals surface area contributed by atoms with Crippen LogP contribution in [-0.4, -0.2) is 70.2 Å². The number of imidazole rings is 1. The molecule has 5 rings (SSSR count). The number of amides is 2. The highest BCUT2D eigenvalue weighted by atomic mass is 35.5. The lowest BCUT2D eigenvalue weighted by Gasteiger charge is -2.21. The summed E-state index contributed by atoms with van der Waals surface area (Å²) in [4.78, 5) is 37.6. The molecule has 0 aliphatic carbocycles. The van der Waals surface area contributed by atoms with Gasteiger partial charge < -0.3 is 35.3 Å². The number of hydrogen-bond donors (Lipinski definition) is 4. The van der Waals surface area contributed by atoms with Gasteiger partial charge >= 0.3 is 0 Å². The first-order chi connectivity index (χ1) is 21.2. The molecule has 11 nitrogen and oxygen atoms in total. The van der Waals surface area contributed by atoms with Gasteiger partial charge in [-0.25, -0.2) is 4.98 Å². The van der Waals surface area contributed by atoms with Crippen LogP contribution in [0.25, 0.3) is 11.1 Å². The predicted molar refractivity (Wildman–Crippen MR) is 170 cm³/mol. The molecule has 2 aromatic carbocycles. The van der Waals surface area contributed by atoms with Crippen molar-refractivity contribution >= 4 is 34.8 Å². The molecule has 3 heterocycles. The van der Waals surface area contributed by atoms with Crippen molar-refractivity contribution in [2.24, 2.45) is 7.05 Å². The van der Waals surface area contributed by atoms with Crippen LogP contribution in [0.4, 0.5) is 11.4 Å². The molecule has 0 fully saturated rings. The number of ether oxygens (including phenoxy) is 1. The number of anilines is 2. The molecule has 0 atom stereocenters. The van der Waals surface area contributed by atoms with Crippen molar-refractivity contribution in [1.82, 2.24) is 24.8 Å². The van der Waals surface area contributed by atoms with Crippen molar-refractivity contribution in [3.63, 3.8) is 0 Å². The Hall–Kier alpha value is -4.29. The van der Waals surface area contributed by atoms with Crippen molar-refractivity contribution in [3.05, 3.63) is 87.7 Å². The molecule has 2 aromatic heterocycles. The summed E-state index contributed by atoms with van der Waals surface area (Å²) < 4.78 is 7.31. The number of methoxy groups -OCH3 is 1. The Kier molecular flexibility index (Phi) is 9.60. The minimum atomic E-state index is -0.394. The molecule has 230 valence electrons. The second-order valence-electron chi connectivity index (χ2n) is 10.7. The lowest BCUT2D eigenvalue weighted by Crippen LogP contribution is -2.27. The number of rotatable bonds is 10. The van der Waals surface area contributed by atoms with Crippen LogP contribution < -0.4 is 20.7 Å². The number of hydrogen-bond acceptors (Lipinski definition) is 8. The summed E-state index contributed by atoms with van der Waals surface area (Å²) in [5.74, 6) is 0.131. The first kappa shape index (κ1) is 31.1. The number of aliphatic hydroxyl groups excluding tert-OH is 1. The maximum absolute atomic E-state index is 13.3. The van der Waals surface area contributed by atoms with E-state index >= 15 is 0 Å². The maximum Gasteiger partial charge on any atom is 0.291 e. The molecular formula is C32H36ClN7O4. The van der Waals surface area contributed by atoms with Crippen molar-refractivity contribution in [1.29, 1.82) is 0 Å². The molecule has 0 saturated carbocycles. The lowest BCUT2D eigenvalue weighted by atomic mass is 9.98. The number of halogens is 1. The summed E-state index contributed by atoms with van der Waals surface area (Å²) in [5, 5.41) is 18.3.